The van der Waals surface area contributed by atoms with E-state index in [0.29, 0.717) is 23.1 Å². The Kier molecular flexibility index (Phi) is 5.73. The maximum absolute atomic E-state index is 12.7. The molecule has 0 radical (unpaired) electrons. The van der Waals surface area contributed by atoms with Gasteiger partial charge in [-0.15, -0.1) is 0 Å². The molecule has 0 atom stereocenters. The molecule has 0 unspecified atom stereocenters. The summed E-state index contributed by atoms with van der Waals surface area (Å²) in [6.45, 7) is 4.22. The molecule has 2 N–H and O–H groups in total. The van der Waals surface area contributed by atoms with Gasteiger partial charge in [0, 0.05) is 11.8 Å². The second-order valence-corrected chi connectivity index (χ2v) is 7.94. The number of imidazole rings is 1. The van der Waals surface area contributed by atoms with E-state index in [9.17, 15) is 10.1 Å². The minimum Gasteiger partial charge on any atom is -0.497 e. The van der Waals surface area contributed by atoms with Crippen molar-refractivity contribution in [1.29, 1.82) is 5.26 Å². The molecule has 0 fully saturated rings. The number of nitrogens with zero attached hydrogens (tertiary/aromatic N) is 3. The number of carbonyl (C=O) groups is 1. The molecule has 31 heavy (non-hydrogen) atoms. The predicted molar refractivity (Wildman–Crippen MR) is 118 cm³/mol. The number of nitrogens with one attached hydrogen (secondary N) is 2. The van der Waals surface area contributed by atoms with Gasteiger partial charge in [0.05, 0.1) is 42.3 Å². The number of H-pyrrole nitrogens is 1. The van der Waals surface area contributed by atoms with Gasteiger partial charge in [-0.1, -0.05) is 11.8 Å². The van der Waals surface area contributed by atoms with E-state index < -0.39 is 0 Å². The molecule has 4 rings (SSSR count). The Hall–Kier alpha value is -3.64. The molecule has 0 spiro atoms. The van der Waals surface area contributed by atoms with Gasteiger partial charge in [-0.3, -0.25) is 4.79 Å². The predicted octanol–water partition coefficient (Wildman–Crippen LogP) is 4.23. The van der Waals surface area contributed by atoms with Gasteiger partial charge in [0.25, 0.3) is 0 Å². The average molecular weight is 436 g/mol. The zero-order chi connectivity index (χ0) is 22.0. The third-order valence-corrected chi connectivity index (χ3v) is 5.97. The van der Waals surface area contributed by atoms with Gasteiger partial charge in [0.2, 0.25) is 5.91 Å². The molecular weight excluding hydrogens is 414 g/mol. The molecule has 1 aromatic carbocycles. The van der Waals surface area contributed by atoms with E-state index in [-0.39, 0.29) is 11.7 Å². The summed E-state index contributed by atoms with van der Waals surface area (Å²) < 4.78 is 12.6. The van der Waals surface area contributed by atoms with Crippen LogP contribution in [0, 0.1) is 25.2 Å². The SMILES string of the molecule is COc1ccc2nc(SCC(=O)Nc3c(C#N)c(C)c(C)n3Cc3ccco3)[nH]c2c1. The monoisotopic (exact) mass is 435 g/mol. The number of benzene rings is 1. The van der Waals surface area contributed by atoms with Crippen molar-refractivity contribution >= 4 is 34.5 Å². The van der Waals surface area contributed by atoms with Gasteiger partial charge >= 0.3 is 0 Å². The zero-order valence-corrected chi connectivity index (χ0v) is 18.2. The Morgan fingerprint density at radius 1 is 1.39 bits per heavy atom. The minimum atomic E-state index is -0.224. The summed E-state index contributed by atoms with van der Waals surface area (Å²) in [4.78, 5) is 20.4. The lowest BCUT2D eigenvalue weighted by Crippen LogP contribution is -2.18. The molecule has 0 aliphatic heterocycles. The van der Waals surface area contributed by atoms with Crippen molar-refractivity contribution in [1.82, 2.24) is 14.5 Å². The molecule has 3 aromatic heterocycles. The molecule has 0 aliphatic rings. The largest absolute Gasteiger partial charge is 0.497 e. The number of hydrogen-bond donors (Lipinski definition) is 2. The highest BCUT2D eigenvalue weighted by atomic mass is 32.2. The van der Waals surface area contributed by atoms with Crippen LogP contribution in [0.1, 0.15) is 22.6 Å². The summed E-state index contributed by atoms with van der Waals surface area (Å²) >= 11 is 1.29. The van der Waals surface area contributed by atoms with Gasteiger partial charge in [0.1, 0.15) is 23.4 Å². The molecule has 3 heterocycles. The van der Waals surface area contributed by atoms with E-state index >= 15 is 0 Å². The second-order valence-electron chi connectivity index (χ2n) is 6.97. The number of aromatic nitrogens is 3. The van der Waals surface area contributed by atoms with Crippen LogP contribution in [-0.4, -0.2) is 33.3 Å². The summed E-state index contributed by atoms with van der Waals surface area (Å²) in [6.07, 6.45) is 1.60. The number of rotatable bonds is 7. The van der Waals surface area contributed by atoms with Gasteiger partial charge in [-0.25, -0.2) is 4.98 Å². The number of amides is 1. The Labute approximate surface area is 183 Å². The molecule has 1 amide bonds. The summed E-state index contributed by atoms with van der Waals surface area (Å²) in [5.74, 6) is 1.88. The van der Waals surface area contributed by atoms with Crippen LogP contribution in [0.5, 0.6) is 5.75 Å². The van der Waals surface area contributed by atoms with E-state index in [1.54, 1.807) is 13.4 Å². The van der Waals surface area contributed by atoms with Gasteiger partial charge < -0.3 is 24.0 Å². The van der Waals surface area contributed by atoms with Crippen molar-refractivity contribution in [2.24, 2.45) is 0 Å². The molecule has 158 valence electrons. The first-order valence-corrected chi connectivity index (χ1v) is 10.6. The number of furan rings is 1. The van der Waals surface area contributed by atoms with E-state index in [0.717, 1.165) is 33.8 Å². The Bertz CT molecular complexity index is 1280. The number of anilines is 1. The fraction of sp³-hybridized carbons (Fsp3) is 0.227. The standard InChI is InChI=1S/C22H21N5O3S/c1-13-14(2)27(11-16-5-4-8-30-16)21(17(13)10-23)26-20(28)12-31-22-24-18-7-6-15(29-3)9-19(18)25-22/h4-9H,11-12H2,1-3H3,(H,24,25)(H,26,28). The van der Waals surface area contributed by atoms with E-state index in [2.05, 4.69) is 21.4 Å². The molecule has 9 heteroatoms. The van der Waals surface area contributed by atoms with Gasteiger partial charge in [-0.05, 0) is 43.7 Å². The third kappa shape index (κ3) is 4.15. The first kappa shape index (κ1) is 20.6. The maximum Gasteiger partial charge on any atom is 0.235 e. The summed E-state index contributed by atoms with van der Waals surface area (Å²) in [5.41, 5.74) is 3.84. The number of ether oxygens (including phenoxy) is 1. The van der Waals surface area contributed by atoms with Gasteiger partial charge in [0.15, 0.2) is 5.16 Å². The average Bonchev–Trinajstić information content (AvgIpc) is 3.48. The van der Waals surface area contributed by atoms with E-state index in [1.807, 2.05) is 48.7 Å². The van der Waals surface area contributed by atoms with Crippen molar-refractivity contribution in [2.45, 2.75) is 25.5 Å². The highest BCUT2D eigenvalue weighted by Crippen LogP contribution is 2.28. The number of aromatic amines is 1. The lowest BCUT2D eigenvalue weighted by Gasteiger charge is -2.11. The summed E-state index contributed by atoms with van der Waals surface area (Å²) in [5, 5.41) is 13.2. The van der Waals surface area contributed by atoms with Crippen LogP contribution in [0.15, 0.2) is 46.2 Å². The third-order valence-electron chi connectivity index (χ3n) is 5.10. The van der Waals surface area contributed by atoms with Crippen molar-refractivity contribution in [3.63, 3.8) is 0 Å². The molecule has 0 saturated carbocycles. The lowest BCUT2D eigenvalue weighted by molar-refractivity contribution is -0.113. The van der Waals surface area contributed by atoms with Crippen molar-refractivity contribution in [2.75, 3.05) is 18.2 Å². The number of carbonyl (C=O) groups excluding carboxylic acids is 1. The smallest absolute Gasteiger partial charge is 0.235 e. The normalized spacial score (nSPS) is 10.9. The Morgan fingerprint density at radius 3 is 2.94 bits per heavy atom. The van der Waals surface area contributed by atoms with Crippen molar-refractivity contribution < 1.29 is 13.9 Å². The number of nitriles is 1. The first-order valence-electron chi connectivity index (χ1n) is 9.58. The van der Waals surface area contributed by atoms with Crippen LogP contribution in [0.3, 0.4) is 0 Å². The molecule has 0 aliphatic carbocycles. The fourth-order valence-corrected chi connectivity index (χ4v) is 4.03. The Morgan fingerprint density at radius 2 is 2.23 bits per heavy atom. The number of methoxy groups -OCH3 is 1. The van der Waals surface area contributed by atoms with Crippen LogP contribution >= 0.6 is 11.8 Å². The van der Waals surface area contributed by atoms with Crippen LogP contribution in [-0.2, 0) is 11.3 Å². The van der Waals surface area contributed by atoms with Gasteiger partial charge in [-0.2, -0.15) is 5.26 Å². The number of fused-ring (bicyclic) bond motifs is 1. The highest BCUT2D eigenvalue weighted by Gasteiger charge is 2.20. The molecular formula is C22H21N5O3S. The van der Waals surface area contributed by atoms with Crippen LogP contribution in [0.4, 0.5) is 5.82 Å². The molecule has 0 saturated heterocycles. The van der Waals surface area contributed by atoms with Crippen LogP contribution in [0.2, 0.25) is 0 Å². The zero-order valence-electron chi connectivity index (χ0n) is 17.4. The number of hydrogen-bond acceptors (Lipinski definition) is 6. The summed E-state index contributed by atoms with van der Waals surface area (Å²) in [6, 6.07) is 11.4. The molecule has 8 nitrogen and oxygen atoms in total. The second kappa shape index (κ2) is 8.62. The highest BCUT2D eigenvalue weighted by molar-refractivity contribution is 7.99. The topological polar surface area (TPSA) is 109 Å². The maximum atomic E-state index is 12.7. The van der Waals surface area contributed by atoms with E-state index in [1.165, 1.54) is 11.8 Å². The first-order chi connectivity index (χ1) is 15.0. The van der Waals surface area contributed by atoms with Crippen LogP contribution in [0.25, 0.3) is 11.0 Å². The summed E-state index contributed by atoms with van der Waals surface area (Å²) in [7, 11) is 1.61. The quantitative estimate of drug-likeness (QED) is 0.421. The fourth-order valence-electron chi connectivity index (χ4n) is 3.35. The molecule has 0 bridgehead atoms. The van der Waals surface area contributed by atoms with Crippen molar-refractivity contribution in [3.05, 3.63) is 59.2 Å². The lowest BCUT2D eigenvalue weighted by atomic mass is 10.2. The minimum absolute atomic E-state index is 0.145. The molecule has 4 aromatic rings. The Balaban J connectivity index is 1.50. The van der Waals surface area contributed by atoms with Crippen LogP contribution < -0.4 is 10.1 Å². The number of thioether (sulfide) groups is 1. The van der Waals surface area contributed by atoms with E-state index in [4.69, 9.17) is 9.15 Å². The van der Waals surface area contributed by atoms with Crippen molar-refractivity contribution in [3.8, 4) is 11.8 Å².